The largest absolute Gasteiger partial charge is 0.503 e. The molecule has 0 fully saturated rings. The van der Waals surface area contributed by atoms with Crippen molar-refractivity contribution in [3.05, 3.63) is 12.2 Å². The van der Waals surface area contributed by atoms with Crippen LogP contribution in [0.5, 0.6) is 0 Å². The molecule has 0 unspecified atom stereocenters. The monoisotopic (exact) mass is 210 g/mol. The number of hydrogen-bond donors (Lipinski definition) is 5. The molecule has 7 nitrogen and oxygen atoms in total. The van der Waals surface area contributed by atoms with E-state index in [9.17, 15) is 4.79 Å². The Labute approximate surface area is 80.5 Å². The third-order valence-electron chi connectivity index (χ3n) is 0.465. The van der Waals surface area contributed by atoms with Crippen molar-refractivity contribution in [2.24, 2.45) is 0 Å². The number of aliphatic carboxylic acids is 1. The Bertz CT molecular complexity index is 157. The van der Waals surface area contributed by atoms with Crippen LogP contribution in [0.3, 0.4) is 0 Å². The summed E-state index contributed by atoms with van der Waals surface area (Å²) >= 11 is 0. The molecule has 0 saturated heterocycles. The summed E-state index contributed by atoms with van der Waals surface area (Å²) < 4.78 is 0. The summed E-state index contributed by atoms with van der Waals surface area (Å²) in [6.07, 6.45) is -1.83. The van der Waals surface area contributed by atoms with Gasteiger partial charge in [-0.05, 0) is 6.92 Å². The number of carbonyl (C=O) groups is 2. The Kier molecular flexibility index (Phi) is 18.2. The molecule has 0 rings (SSSR count). The van der Waals surface area contributed by atoms with E-state index in [1.165, 1.54) is 6.92 Å². The molecule has 5 N–H and O–H groups in total. The molecule has 0 aliphatic carbocycles. The third kappa shape index (κ3) is 79.5. The number of carboxylic acids is 1. The zero-order valence-corrected chi connectivity index (χ0v) is 7.67. The minimum atomic E-state index is -1.83. The topological polar surface area (TPSA) is 135 Å². The summed E-state index contributed by atoms with van der Waals surface area (Å²) in [5.74, 6) is -0.935. The smallest absolute Gasteiger partial charge is 0.478 e. The zero-order valence-electron chi connectivity index (χ0n) is 7.67. The number of rotatable bonds is 2. The van der Waals surface area contributed by atoms with Gasteiger partial charge in [-0.25, -0.2) is 9.59 Å². The number of hydrogen-bond acceptors (Lipinski definition) is 4. The van der Waals surface area contributed by atoms with Crippen molar-refractivity contribution in [2.45, 2.75) is 6.92 Å². The van der Waals surface area contributed by atoms with Crippen LogP contribution < -0.4 is 0 Å². The second kappa shape index (κ2) is 14.0. The van der Waals surface area contributed by atoms with Gasteiger partial charge >= 0.3 is 12.1 Å². The fourth-order valence-electron chi connectivity index (χ4n) is 0. The van der Waals surface area contributed by atoms with Gasteiger partial charge in [-0.15, -0.1) is 0 Å². The Hall–Kier alpha value is -1.60. The van der Waals surface area contributed by atoms with Gasteiger partial charge in [0.2, 0.25) is 0 Å². The first-order valence-electron chi connectivity index (χ1n) is 3.32. The maximum absolute atomic E-state index is 9.60. The van der Waals surface area contributed by atoms with Crippen LogP contribution in [-0.2, 0) is 4.79 Å². The van der Waals surface area contributed by atoms with Crippen molar-refractivity contribution in [2.75, 3.05) is 13.2 Å². The molecule has 14 heavy (non-hydrogen) atoms. The van der Waals surface area contributed by atoms with Gasteiger partial charge in [0.05, 0.1) is 13.2 Å². The lowest BCUT2D eigenvalue weighted by molar-refractivity contribution is -0.132. The highest BCUT2D eigenvalue weighted by Gasteiger charge is 1.90. The van der Waals surface area contributed by atoms with Gasteiger partial charge in [0.1, 0.15) is 0 Å². The summed E-state index contributed by atoms with van der Waals surface area (Å²) in [5, 5.41) is 37.1. The van der Waals surface area contributed by atoms with Crippen LogP contribution in [0.25, 0.3) is 0 Å². The molecule has 0 aliphatic heterocycles. The molecule has 0 aliphatic rings. The normalized spacial score (nSPS) is 7.07. The summed E-state index contributed by atoms with van der Waals surface area (Å²) in [6, 6.07) is 0. The van der Waals surface area contributed by atoms with Crippen molar-refractivity contribution in [1.29, 1.82) is 0 Å². The standard InChI is InChI=1S/C4H6O2.C2H6O2.CH2O3/c1-3(2)4(5)6;3-1-2-4;2-1(3)4/h1H2,2H3,(H,5,6);3-4H,1-2H2;(H2,2,3,4). The highest BCUT2D eigenvalue weighted by Crippen LogP contribution is 1.81. The van der Waals surface area contributed by atoms with E-state index in [-0.39, 0.29) is 18.8 Å². The van der Waals surface area contributed by atoms with Crippen molar-refractivity contribution >= 4 is 12.1 Å². The van der Waals surface area contributed by atoms with Gasteiger partial charge < -0.3 is 25.5 Å². The van der Waals surface area contributed by atoms with Gasteiger partial charge in [-0.3, -0.25) is 0 Å². The molecular weight excluding hydrogens is 196 g/mol. The van der Waals surface area contributed by atoms with Gasteiger partial charge in [0.15, 0.2) is 0 Å². The minimum Gasteiger partial charge on any atom is -0.478 e. The number of aliphatic hydroxyl groups excluding tert-OH is 2. The lowest BCUT2D eigenvalue weighted by Crippen LogP contribution is -1.92. The van der Waals surface area contributed by atoms with E-state index < -0.39 is 12.1 Å². The summed E-state index contributed by atoms with van der Waals surface area (Å²) in [6.45, 7) is 4.35. The Morgan fingerprint density at radius 2 is 1.21 bits per heavy atom. The lowest BCUT2D eigenvalue weighted by Gasteiger charge is -1.79. The predicted octanol–water partition coefficient (Wildman–Crippen LogP) is -0.159. The minimum absolute atomic E-state index is 0.125. The van der Waals surface area contributed by atoms with E-state index in [0.29, 0.717) is 0 Å². The van der Waals surface area contributed by atoms with Gasteiger partial charge in [-0.2, -0.15) is 0 Å². The fraction of sp³-hybridized carbons (Fsp3) is 0.429. The first kappa shape index (κ1) is 18.2. The van der Waals surface area contributed by atoms with E-state index in [0.717, 1.165) is 0 Å². The SMILES string of the molecule is C=C(C)C(=O)O.O=C(O)O.OCCO. The van der Waals surface area contributed by atoms with Gasteiger partial charge in [0, 0.05) is 5.57 Å². The average molecular weight is 210 g/mol. The molecule has 0 saturated carbocycles. The highest BCUT2D eigenvalue weighted by molar-refractivity contribution is 5.84. The molecule has 84 valence electrons. The fourth-order valence-corrected chi connectivity index (χ4v) is 0. The number of carboxylic acid groups (broad SMARTS) is 3. The average Bonchev–Trinajstić information content (AvgIpc) is 2.03. The van der Waals surface area contributed by atoms with Crippen LogP contribution in [0, 0.1) is 0 Å². The molecule has 0 spiro atoms. The van der Waals surface area contributed by atoms with Gasteiger partial charge in [0.25, 0.3) is 0 Å². The predicted molar refractivity (Wildman–Crippen MR) is 47.3 cm³/mol. The second-order valence-electron chi connectivity index (χ2n) is 1.82. The van der Waals surface area contributed by atoms with E-state index in [2.05, 4.69) is 6.58 Å². The molecule has 0 aromatic heterocycles. The molecule has 7 heteroatoms. The molecule has 0 amide bonds. The van der Waals surface area contributed by atoms with E-state index >= 15 is 0 Å². The van der Waals surface area contributed by atoms with Crippen molar-refractivity contribution in [1.82, 2.24) is 0 Å². The molecule has 0 atom stereocenters. The zero-order chi connectivity index (χ0) is 12.1. The third-order valence-corrected chi connectivity index (χ3v) is 0.465. The van der Waals surface area contributed by atoms with Crippen LogP contribution in [0.15, 0.2) is 12.2 Å². The second-order valence-corrected chi connectivity index (χ2v) is 1.82. The van der Waals surface area contributed by atoms with Crippen LogP contribution in [-0.4, -0.2) is 50.9 Å². The van der Waals surface area contributed by atoms with Crippen LogP contribution in [0.2, 0.25) is 0 Å². The van der Waals surface area contributed by atoms with E-state index in [1.807, 2.05) is 0 Å². The molecule has 0 radical (unpaired) electrons. The molecule has 0 aromatic rings. The van der Waals surface area contributed by atoms with Crippen molar-refractivity contribution < 1.29 is 35.1 Å². The molecule has 0 bridgehead atoms. The van der Waals surface area contributed by atoms with E-state index in [4.69, 9.17) is 30.3 Å². The summed E-state index contributed by atoms with van der Waals surface area (Å²) in [4.78, 5) is 18.2. The maximum Gasteiger partial charge on any atom is 0.503 e. The molecule has 0 aromatic carbocycles. The lowest BCUT2D eigenvalue weighted by atomic mass is 10.4. The van der Waals surface area contributed by atoms with Crippen LogP contribution >= 0.6 is 0 Å². The van der Waals surface area contributed by atoms with Crippen LogP contribution in [0.1, 0.15) is 6.92 Å². The van der Waals surface area contributed by atoms with Gasteiger partial charge in [-0.1, -0.05) is 6.58 Å². The van der Waals surface area contributed by atoms with Crippen molar-refractivity contribution in [3.8, 4) is 0 Å². The first-order chi connectivity index (χ1) is 6.29. The molecule has 0 heterocycles. The molecular formula is C7H14O7. The number of aliphatic hydroxyl groups is 2. The summed E-state index contributed by atoms with van der Waals surface area (Å²) in [7, 11) is 0. The van der Waals surface area contributed by atoms with Crippen molar-refractivity contribution in [3.63, 3.8) is 0 Å². The van der Waals surface area contributed by atoms with Crippen LogP contribution in [0.4, 0.5) is 4.79 Å². The Morgan fingerprint density at radius 1 is 1.07 bits per heavy atom. The Balaban J connectivity index is -0.000000135. The highest BCUT2D eigenvalue weighted by atomic mass is 16.6. The maximum atomic E-state index is 9.60. The summed E-state index contributed by atoms with van der Waals surface area (Å²) in [5.41, 5.74) is 0.176. The first-order valence-corrected chi connectivity index (χ1v) is 3.32. The Morgan fingerprint density at radius 3 is 1.21 bits per heavy atom. The van der Waals surface area contributed by atoms with E-state index in [1.54, 1.807) is 0 Å². The quantitative estimate of drug-likeness (QED) is 0.399.